The van der Waals surface area contributed by atoms with Gasteiger partial charge in [-0.2, -0.15) is 0 Å². The minimum Gasteiger partial charge on any atom is -0.385 e. The highest BCUT2D eigenvalue weighted by molar-refractivity contribution is 5.68. The Kier molecular flexibility index (Phi) is 7.19. The lowest BCUT2D eigenvalue weighted by molar-refractivity contribution is 0.122. The van der Waals surface area contributed by atoms with Crippen molar-refractivity contribution in [2.24, 2.45) is 0 Å². The highest BCUT2D eigenvalue weighted by atomic mass is 16.5. The number of nitrogens with one attached hydrogen (secondary N) is 1. The Bertz CT molecular complexity index is 934. The van der Waals surface area contributed by atoms with Crippen LogP contribution >= 0.6 is 0 Å². The normalized spacial score (nSPS) is 16.0. The fourth-order valence-electron chi connectivity index (χ4n) is 3.18. The Hall–Kier alpha value is -2.93. The average molecular weight is 395 g/mol. The number of anilines is 1. The summed E-state index contributed by atoms with van der Waals surface area (Å²) in [5.41, 5.74) is 3.62. The van der Waals surface area contributed by atoms with Gasteiger partial charge in [0.25, 0.3) is 0 Å². The SMILES string of the molecule is C=CC(=C\c1cn2c(C)nnc2c(N2CCOCC2)n1)/C(=C\C=C/C)NCCC. The molecule has 3 rings (SSSR count). The largest absolute Gasteiger partial charge is 0.385 e. The van der Waals surface area contributed by atoms with Crippen LogP contribution in [0.15, 0.2) is 48.4 Å². The Morgan fingerprint density at radius 2 is 2.10 bits per heavy atom. The molecule has 0 radical (unpaired) electrons. The van der Waals surface area contributed by atoms with E-state index in [0.29, 0.717) is 13.2 Å². The number of fused-ring (bicyclic) bond motifs is 1. The Balaban J connectivity index is 2.06. The van der Waals surface area contributed by atoms with Gasteiger partial charge in [-0.15, -0.1) is 10.2 Å². The van der Waals surface area contributed by atoms with E-state index in [2.05, 4.69) is 40.0 Å². The standard InChI is InChI=1S/C22H30N6O/c1-5-8-9-20(23-10-6-2)18(7-3)15-19-16-28-17(4)25-26-22(28)21(24-19)27-11-13-29-14-12-27/h5,7-9,15-16,23H,3,6,10-14H2,1-2,4H3/b8-5-,18-15+,20-9+. The van der Waals surface area contributed by atoms with Crippen molar-refractivity contribution in [3.63, 3.8) is 0 Å². The zero-order chi connectivity index (χ0) is 20.6. The monoisotopic (exact) mass is 394 g/mol. The molecule has 0 aliphatic carbocycles. The summed E-state index contributed by atoms with van der Waals surface area (Å²) in [5.74, 6) is 1.67. The van der Waals surface area contributed by atoms with Gasteiger partial charge in [0.15, 0.2) is 5.82 Å². The molecule has 7 heteroatoms. The van der Waals surface area contributed by atoms with Crippen molar-refractivity contribution < 1.29 is 4.74 Å². The molecule has 7 nitrogen and oxygen atoms in total. The van der Waals surface area contributed by atoms with Crippen LogP contribution < -0.4 is 10.2 Å². The van der Waals surface area contributed by atoms with Crippen LogP contribution in [0, 0.1) is 6.92 Å². The number of hydrogen-bond donors (Lipinski definition) is 1. The van der Waals surface area contributed by atoms with Crippen molar-refractivity contribution in [3.8, 4) is 0 Å². The molecule has 1 saturated heterocycles. The third kappa shape index (κ3) is 4.92. The Morgan fingerprint density at radius 3 is 2.79 bits per heavy atom. The number of aryl methyl sites for hydroxylation is 1. The highest BCUT2D eigenvalue weighted by Crippen LogP contribution is 2.22. The zero-order valence-corrected chi connectivity index (χ0v) is 17.6. The minimum atomic E-state index is 0.691. The van der Waals surface area contributed by atoms with E-state index in [4.69, 9.17) is 9.72 Å². The first-order valence-corrected chi connectivity index (χ1v) is 10.1. The molecule has 3 heterocycles. The minimum absolute atomic E-state index is 0.691. The third-order valence-corrected chi connectivity index (χ3v) is 4.73. The van der Waals surface area contributed by atoms with E-state index >= 15 is 0 Å². The van der Waals surface area contributed by atoms with Gasteiger partial charge >= 0.3 is 0 Å². The number of rotatable bonds is 8. The predicted molar refractivity (Wildman–Crippen MR) is 118 cm³/mol. The van der Waals surface area contributed by atoms with Crippen molar-refractivity contribution in [1.82, 2.24) is 24.9 Å². The van der Waals surface area contributed by atoms with Gasteiger partial charge in [0.1, 0.15) is 5.82 Å². The predicted octanol–water partition coefficient (Wildman–Crippen LogP) is 3.30. The number of hydrogen-bond acceptors (Lipinski definition) is 6. The van der Waals surface area contributed by atoms with Gasteiger partial charge in [-0.25, -0.2) is 4.98 Å². The number of ether oxygens (including phenoxy) is 1. The van der Waals surface area contributed by atoms with E-state index in [9.17, 15) is 0 Å². The summed E-state index contributed by atoms with van der Waals surface area (Å²) >= 11 is 0. The average Bonchev–Trinajstić information content (AvgIpc) is 3.13. The first-order chi connectivity index (χ1) is 14.2. The van der Waals surface area contributed by atoms with Gasteiger partial charge in [-0.1, -0.05) is 31.7 Å². The summed E-state index contributed by atoms with van der Waals surface area (Å²) in [7, 11) is 0. The van der Waals surface area contributed by atoms with Gasteiger partial charge in [-0.05, 0) is 38.0 Å². The molecule has 0 bridgehead atoms. The van der Waals surface area contributed by atoms with Crippen molar-refractivity contribution in [2.45, 2.75) is 27.2 Å². The topological polar surface area (TPSA) is 67.6 Å². The van der Waals surface area contributed by atoms with Crippen LogP contribution in [0.5, 0.6) is 0 Å². The molecule has 1 fully saturated rings. The first kappa shape index (κ1) is 20.8. The summed E-state index contributed by atoms with van der Waals surface area (Å²) in [6.45, 7) is 14.0. The first-order valence-electron chi connectivity index (χ1n) is 10.1. The lowest BCUT2D eigenvalue weighted by Crippen LogP contribution is -2.37. The quantitative estimate of drug-likeness (QED) is 0.693. The maximum absolute atomic E-state index is 5.50. The van der Waals surface area contributed by atoms with Crippen LogP contribution in [0.1, 0.15) is 31.8 Å². The molecule has 0 spiro atoms. The lowest BCUT2D eigenvalue weighted by atomic mass is 10.1. The maximum Gasteiger partial charge on any atom is 0.203 e. The molecule has 2 aromatic rings. The van der Waals surface area contributed by atoms with Crippen LogP contribution in [-0.4, -0.2) is 52.4 Å². The molecule has 29 heavy (non-hydrogen) atoms. The second kappa shape index (κ2) is 10.0. The molecule has 0 unspecified atom stereocenters. The third-order valence-electron chi connectivity index (χ3n) is 4.73. The summed E-state index contributed by atoms with van der Waals surface area (Å²) in [5, 5.41) is 12.1. The van der Waals surface area contributed by atoms with Crippen molar-refractivity contribution in [1.29, 1.82) is 0 Å². The van der Waals surface area contributed by atoms with Gasteiger partial charge in [0.05, 0.1) is 18.9 Å². The molecule has 0 aromatic carbocycles. The van der Waals surface area contributed by atoms with Crippen LogP contribution in [0.25, 0.3) is 11.7 Å². The highest BCUT2D eigenvalue weighted by Gasteiger charge is 2.19. The molecule has 1 aliphatic rings. The number of aromatic nitrogens is 4. The fraction of sp³-hybridized carbons (Fsp3) is 0.409. The van der Waals surface area contributed by atoms with Crippen molar-refractivity contribution in [3.05, 3.63) is 59.9 Å². The summed E-state index contributed by atoms with van der Waals surface area (Å²) in [6, 6.07) is 0. The second-order valence-electron chi connectivity index (χ2n) is 6.87. The van der Waals surface area contributed by atoms with Gasteiger partial charge in [0, 0.05) is 31.5 Å². The van der Waals surface area contributed by atoms with Crippen LogP contribution in [-0.2, 0) is 4.74 Å². The number of morpholine rings is 1. The molecule has 0 amide bonds. The smallest absolute Gasteiger partial charge is 0.203 e. The van der Waals surface area contributed by atoms with Crippen molar-refractivity contribution >= 4 is 17.5 Å². The zero-order valence-electron chi connectivity index (χ0n) is 17.6. The maximum atomic E-state index is 5.50. The van der Waals surface area contributed by atoms with Gasteiger partial charge in [-0.3, -0.25) is 4.40 Å². The molecule has 154 valence electrons. The van der Waals surface area contributed by atoms with E-state index in [1.54, 1.807) is 0 Å². The molecular weight excluding hydrogens is 364 g/mol. The van der Waals surface area contributed by atoms with E-state index in [-0.39, 0.29) is 0 Å². The van der Waals surface area contributed by atoms with E-state index in [1.165, 1.54) is 0 Å². The molecule has 0 atom stereocenters. The van der Waals surface area contributed by atoms with E-state index < -0.39 is 0 Å². The fourth-order valence-corrected chi connectivity index (χ4v) is 3.18. The Morgan fingerprint density at radius 1 is 1.31 bits per heavy atom. The molecule has 0 saturated carbocycles. The summed E-state index contributed by atoms with van der Waals surface area (Å²) in [6.07, 6.45) is 13.0. The Labute approximate surface area is 172 Å². The number of allylic oxidation sites excluding steroid dienone is 4. The second-order valence-corrected chi connectivity index (χ2v) is 6.87. The van der Waals surface area contributed by atoms with Crippen LogP contribution in [0.2, 0.25) is 0 Å². The molecule has 2 aromatic heterocycles. The van der Waals surface area contributed by atoms with Crippen molar-refractivity contribution in [2.75, 3.05) is 37.7 Å². The summed E-state index contributed by atoms with van der Waals surface area (Å²) in [4.78, 5) is 7.13. The lowest BCUT2D eigenvalue weighted by Gasteiger charge is -2.28. The molecule has 1 aliphatic heterocycles. The van der Waals surface area contributed by atoms with E-state index in [1.807, 2.05) is 48.7 Å². The number of nitrogens with zero attached hydrogens (tertiary/aromatic N) is 5. The van der Waals surface area contributed by atoms with E-state index in [0.717, 1.165) is 60.3 Å². The van der Waals surface area contributed by atoms with Gasteiger partial charge in [0.2, 0.25) is 5.65 Å². The summed E-state index contributed by atoms with van der Waals surface area (Å²) < 4.78 is 7.50. The van der Waals surface area contributed by atoms with Gasteiger partial charge < -0.3 is 15.0 Å². The molecule has 1 N–H and O–H groups in total. The van der Waals surface area contributed by atoms with Crippen LogP contribution in [0.4, 0.5) is 5.82 Å². The van der Waals surface area contributed by atoms with Crippen LogP contribution in [0.3, 0.4) is 0 Å². The molecular formula is C22H30N6O.